The van der Waals surface area contributed by atoms with E-state index in [4.69, 9.17) is 9.15 Å². The molecule has 0 aliphatic heterocycles. The fraction of sp³-hybridized carbons (Fsp3) is 0.545. The maximum absolute atomic E-state index is 11.5. The molecule has 0 aliphatic rings. The van der Waals surface area contributed by atoms with Gasteiger partial charge in [0.05, 0.1) is 7.11 Å². The Morgan fingerprint density at radius 1 is 1.43 bits per heavy atom. The lowest BCUT2D eigenvalue weighted by Gasteiger charge is -2.15. The molecule has 1 rings (SSSR count). The molecule has 0 saturated carbocycles. The lowest BCUT2D eigenvalue weighted by Crippen LogP contribution is -2.18. The summed E-state index contributed by atoms with van der Waals surface area (Å²) in [5.74, 6) is 1.13. The van der Waals surface area contributed by atoms with Crippen molar-refractivity contribution in [3.05, 3.63) is 23.7 Å². The number of aryl methyl sites for hydroxylation is 1. The maximum Gasteiger partial charge on any atom is 0.316 e. The molecule has 1 heterocycles. The number of carbonyl (C=O) groups excluding carboxylic acids is 1. The van der Waals surface area contributed by atoms with Crippen molar-refractivity contribution in [1.82, 2.24) is 0 Å². The second kappa shape index (κ2) is 4.31. The Morgan fingerprint density at radius 2 is 2.07 bits per heavy atom. The molecule has 1 atom stereocenters. The minimum absolute atomic E-state index is 0.174. The quantitative estimate of drug-likeness (QED) is 0.697. The number of carbonyl (C=O) groups is 1. The Hall–Kier alpha value is -1.25. The Bertz CT molecular complexity index is 312. The van der Waals surface area contributed by atoms with E-state index in [1.807, 2.05) is 32.9 Å². The van der Waals surface area contributed by atoms with Crippen LogP contribution < -0.4 is 0 Å². The van der Waals surface area contributed by atoms with Gasteiger partial charge in [-0.25, -0.2) is 0 Å². The van der Waals surface area contributed by atoms with E-state index in [-0.39, 0.29) is 17.8 Å². The number of esters is 1. The molecule has 0 fully saturated rings. The van der Waals surface area contributed by atoms with E-state index in [0.717, 1.165) is 5.76 Å². The van der Waals surface area contributed by atoms with Crippen molar-refractivity contribution in [1.29, 1.82) is 0 Å². The lowest BCUT2D eigenvalue weighted by atomic mass is 9.93. The standard InChI is InChI=1S/C11H16O3/c1-7(2)10(11(12)13-4)9-6-5-8(3)14-9/h5-7,10H,1-4H3. The second-order valence-corrected chi connectivity index (χ2v) is 3.69. The highest BCUT2D eigenvalue weighted by molar-refractivity contribution is 5.77. The summed E-state index contributed by atoms with van der Waals surface area (Å²) < 4.78 is 10.2. The summed E-state index contributed by atoms with van der Waals surface area (Å²) >= 11 is 0. The first-order valence-corrected chi connectivity index (χ1v) is 4.70. The normalized spacial score (nSPS) is 12.9. The largest absolute Gasteiger partial charge is 0.468 e. The van der Waals surface area contributed by atoms with Crippen molar-refractivity contribution in [2.75, 3.05) is 7.11 Å². The zero-order chi connectivity index (χ0) is 10.7. The summed E-state index contributed by atoms with van der Waals surface area (Å²) in [6.07, 6.45) is 0. The number of ether oxygens (including phenoxy) is 1. The molecule has 3 nitrogen and oxygen atoms in total. The van der Waals surface area contributed by atoms with Gasteiger partial charge < -0.3 is 9.15 Å². The molecule has 0 amide bonds. The highest BCUT2D eigenvalue weighted by atomic mass is 16.5. The third-order valence-corrected chi connectivity index (χ3v) is 2.19. The van der Waals surface area contributed by atoms with Gasteiger partial charge in [-0.15, -0.1) is 0 Å². The van der Waals surface area contributed by atoms with Gasteiger partial charge in [-0.2, -0.15) is 0 Å². The zero-order valence-electron chi connectivity index (χ0n) is 9.03. The van der Waals surface area contributed by atoms with Gasteiger partial charge >= 0.3 is 5.97 Å². The average Bonchev–Trinajstić information content (AvgIpc) is 2.51. The van der Waals surface area contributed by atoms with E-state index in [1.165, 1.54) is 7.11 Å². The van der Waals surface area contributed by atoms with Crippen LogP contribution in [0.4, 0.5) is 0 Å². The van der Waals surface area contributed by atoms with Crippen molar-refractivity contribution < 1.29 is 13.9 Å². The van der Waals surface area contributed by atoms with Gasteiger partial charge in [0, 0.05) is 0 Å². The predicted molar refractivity (Wildman–Crippen MR) is 53.0 cm³/mol. The van der Waals surface area contributed by atoms with E-state index in [1.54, 1.807) is 0 Å². The Labute approximate surface area is 84.1 Å². The fourth-order valence-electron chi connectivity index (χ4n) is 1.46. The number of rotatable bonds is 3. The summed E-state index contributed by atoms with van der Waals surface area (Å²) in [6, 6.07) is 3.69. The molecule has 0 radical (unpaired) electrons. The second-order valence-electron chi connectivity index (χ2n) is 3.69. The fourth-order valence-corrected chi connectivity index (χ4v) is 1.46. The van der Waals surface area contributed by atoms with Crippen LogP contribution in [0.25, 0.3) is 0 Å². The van der Waals surface area contributed by atoms with Gasteiger partial charge in [0.25, 0.3) is 0 Å². The molecule has 1 aromatic rings. The van der Waals surface area contributed by atoms with Crippen LogP contribution in [0.15, 0.2) is 16.5 Å². The zero-order valence-corrected chi connectivity index (χ0v) is 9.03. The van der Waals surface area contributed by atoms with E-state index in [9.17, 15) is 4.79 Å². The van der Waals surface area contributed by atoms with E-state index in [0.29, 0.717) is 5.76 Å². The van der Waals surface area contributed by atoms with Gasteiger partial charge in [0.2, 0.25) is 0 Å². The molecular formula is C11H16O3. The van der Waals surface area contributed by atoms with E-state index >= 15 is 0 Å². The summed E-state index contributed by atoms with van der Waals surface area (Å²) in [7, 11) is 1.40. The van der Waals surface area contributed by atoms with Crippen LogP contribution >= 0.6 is 0 Å². The summed E-state index contributed by atoms with van der Waals surface area (Å²) in [5, 5.41) is 0. The van der Waals surface area contributed by atoms with Crippen LogP contribution in [0.2, 0.25) is 0 Å². The Morgan fingerprint density at radius 3 is 2.43 bits per heavy atom. The van der Waals surface area contributed by atoms with Crippen molar-refractivity contribution in [2.24, 2.45) is 5.92 Å². The minimum Gasteiger partial charge on any atom is -0.468 e. The topological polar surface area (TPSA) is 39.4 Å². The monoisotopic (exact) mass is 196 g/mol. The molecule has 0 bridgehead atoms. The number of hydrogen-bond acceptors (Lipinski definition) is 3. The average molecular weight is 196 g/mol. The first-order valence-electron chi connectivity index (χ1n) is 4.70. The molecule has 0 aliphatic carbocycles. The van der Waals surface area contributed by atoms with Gasteiger partial charge in [-0.1, -0.05) is 13.8 Å². The Kier molecular flexibility index (Phi) is 3.33. The van der Waals surface area contributed by atoms with Gasteiger partial charge in [0.1, 0.15) is 17.4 Å². The van der Waals surface area contributed by atoms with Crippen molar-refractivity contribution >= 4 is 5.97 Å². The van der Waals surface area contributed by atoms with Crippen LogP contribution in [0.5, 0.6) is 0 Å². The molecule has 3 heteroatoms. The first-order chi connectivity index (χ1) is 6.56. The highest BCUT2D eigenvalue weighted by Gasteiger charge is 2.27. The molecule has 78 valence electrons. The summed E-state index contributed by atoms with van der Waals surface area (Å²) in [6.45, 7) is 5.80. The Balaban J connectivity index is 2.94. The number of hydrogen-bond donors (Lipinski definition) is 0. The number of methoxy groups -OCH3 is 1. The van der Waals surface area contributed by atoms with Crippen molar-refractivity contribution in [2.45, 2.75) is 26.7 Å². The van der Waals surface area contributed by atoms with Gasteiger partial charge in [-0.3, -0.25) is 4.79 Å². The molecule has 0 aromatic carbocycles. The van der Waals surface area contributed by atoms with Crippen molar-refractivity contribution in [3.8, 4) is 0 Å². The summed E-state index contributed by atoms with van der Waals surface area (Å²) in [4.78, 5) is 11.5. The minimum atomic E-state index is -0.298. The molecule has 1 aromatic heterocycles. The predicted octanol–water partition coefficient (Wildman–Crippen LogP) is 2.50. The van der Waals surface area contributed by atoms with E-state index < -0.39 is 0 Å². The van der Waals surface area contributed by atoms with Crippen LogP contribution in [-0.4, -0.2) is 13.1 Å². The van der Waals surface area contributed by atoms with Gasteiger partial charge in [-0.05, 0) is 25.0 Å². The van der Waals surface area contributed by atoms with Crippen LogP contribution in [0, 0.1) is 12.8 Å². The summed E-state index contributed by atoms with van der Waals surface area (Å²) in [5.41, 5.74) is 0. The molecule has 14 heavy (non-hydrogen) atoms. The first kappa shape index (κ1) is 10.8. The molecule has 1 unspecified atom stereocenters. The maximum atomic E-state index is 11.5. The van der Waals surface area contributed by atoms with Crippen LogP contribution in [-0.2, 0) is 9.53 Å². The van der Waals surface area contributed by atoms with Crippen LogP contribution in [0.3, 0.4) is 0 Å². The third kappa shape index (κ3) is 2.16. The molecule has 0 saturated heterocycles. The van der Waals surface area contributed by atoms with Gasteiger partial charge in [0.15, 0.2) is 0 Å². The highest BCUT2D eigenvalue weighted by Crippen LogP contribution is 2.27. The molecule has 0 spiro atoms. The smallest absolute Gasteiger partial charge is 0.316 e. The lowest BCUT2D eigenvalue weighted by molar-refractivity contribution is -0.144. The molecule has 0 N–H and O–H groups in total. The SMILES string of the molecule is COC(=O)C(c1ccc(C)o1)C(C)C. The van der Waals surface area contributed by atoms with E-state index in [2.05, 4.69) is 0 Å². The van der Waals surface area contributed by atoms with Crippen LogP contribution in [0.1, 0.15) is 31.3 Å². The molecular weight excluding hydrogens is 180 g/mol. The number of furan rings is 1. The third-order valence-electron chi connectivity index (χ3n) is 2.19. The van der Waals surface area contributed by atoms with Crippen molar-refractivity contribution in [3.63, 3.8) is 0 Å².